The number of rotatable bonds is 6. The molecule has 0 radical (unpaired) electrons. The number of ether oxygens (including phenoxy) is 1. The second-order valence-corrected chi connectivity index (χ2v) is 4.49. The molecule has 0 saturated carbocycles. The van der Waals surface area contributed by atoms with Crippen molar-refractivity contribution in [2.75, 3.05) is 26.3 Å². The molecule has 0 aromatic heterocycles. The average Bonchev–Trinajstić information content (AvgIpc) is 2.10. The molecule has 14 heavy (non-hydrogen) atoms. The van der Waals surface area contributed by atoms with Gasteiger partial charge in [-0.2, -0.15) is 0 Å². The first-order chi connectivity index (χ1) is 6.42. The molecule has 3 heteroatoms. The van der Waals surface area contributed by atoms with Gasteiger partial charge in [-0.05, 0) is 33.9 Å². The van der Waals surface area contributed by atoms with Crippen LogP contribution in [0.15, 0.2) is 0 Å². The Kier molecular flexibility index (Phi) is 6.29. The van der Waals surface area contributed by atoms with E-state index < -0.39 is 6.67 Å². The summed E-state index contributed by atoms with van der Waals surface area (Å²) in [5, 5.41) is 0. The van der Waals surface area contributed by atoms with Crippen molar-refractivity contribution in [3.05, 3.63) is 0 Å². The predicted molar refractivity (Wildman–Crippen MR) is 58.4 cm³/mol. The van der Waals surface area contributed by atoms with Gasteiger partial charge in [-0.3, -0.25) is 0 Å². The van der Waals surface area contributed by atoms with Crippen molar-refractivity contribution in [1.82, 2.24) is 4.90 Å². The van der Waals surface area contributed by atoms with Gasteiger partial charge in [0, 0.05) is 6.54 Å². The van der Waals surface area contributed by atoms with Crippen LogP contribution in [0.25, 0.3) is 0 Å². The maximum absolute atomic E-state index is 12.7. The minimum atomic E-state index is -0.409. The first-order valence-electron chi connectivity index (χ1n) is 5.39. The van der Waals surface area contributed by atoms with Gasteiger partial charge in [-0.25, -0.2) is 4.39 Å². The Hall–Kier alpha value is -0.150. The zero-order valence-corrected chi connectivity index (χ0v) is 10.1. The molecule has 0 aromatic carbocycles. The SMILES string of the molecule is CCN(CC)CC(CF)OC(C)(C)C. The Balaban J connectivity index is 4.01. The lowest BCUT2D eigenvalue weighted by molar-refractivity contribution is -0.0788. The number of halogens is 1. The summed E-state index contributed by atoms with van der Waals surface area (Å²) in [5.41, 5.74) is -0.260. The fourth-order valence-electron chi connectivity index (χ4n) is 1.39. The van der Waals surface area contributed by atoms with Crippen LogP contribution in [-0.4, -0.2) is 42.9 Å². The Morgan fingerprint density at radius 2 is 1.71 bits per heavy atom. The van der Waals surface area contributed by atoms with Crippen molar-refractivity contribution >= 4 is 0 Å². The second kappa shape index (κ2) is 6.36. The summed E-state index contributed by atoms with van der Waals surface area (Å²) in [6, 6.07) is 0. The Morgan fingerprint density at radius 3 is 2.00 bits per heavy atom. The third kappa shape index (κ3) is 6.33. The van der Waals surface area contributed by atoms with E-state index >= 15 is 0 Å². The van der Waals surface area contributed by atoms with E-state index in [0.29, 0.717) is 6.54 Å². The van der Waals surface area contributed by atoms with Crippen LogP contribution in [0.1, 0.15) is 34.6 Å². The van der Waals surface area contributed by atoms with Crippen molar-refractivity contribution in [1.29, 1.82) is 0 Å². The number of hydrogen-bond donors (Lipinski definition) is 0. The van der Waals surface area contributed by atoms with Gasteiger partial charge < -0.3 is 9.64 Å². The van der Waals surface area contributed by atoms with Crippen LogP contribution >= 0.6 is 0 Å². The summed E-state index contributed by atoms with van der Waals surface area (Å²) in [5.74, 6) is 0. The normalized spacial score (nSPS) is 14.8. The molecule has 1 atom stereocenters. The van der Waals surface area contributed by atoms with Gasteiger partial charge in [-0.1, -0.05) is 13.8 Å². The minimum absolute atomic E-state index is 0.260. The monoisotopic (exact) mass is 205 g/mol. The lowest BCUT2D eigenvalue weighted by Gasteiger charge is -2.29. The lowest BCUT2D eigenvalue weighted by Crippen LogP contribution is -2.39. The molecule has 0 amide bonds. The fraction of sp³-hybridized carbons (Fsp3) is 1.00. The Labute approximate surface area is 87.4 Å². The van der Waals surface area contributed by atoms with E-state index in [-0.39, 0.29) is 11.7 Å². The molecule has 0 aliphatic heterocycles. The van der Waals surface area contributed by atoms with Gasteiger partial charge in [0.2, 0.25) is 0 Å². The number of nitrogens with zero attached hydrogens (tertiary/aromatic N) is 1. The van der Waals surface area contributed by atoms with Crippen molar-refractivity contribution < 1.29 is 9.13 Å². The summed E-state index contributed by atoms with van der Waals surface area (Å²) in [4.78, 5) is 2.18. The van der Waals surface area contributed by atoms with Crippen molar-refractivity contribution in [3.8, 4) is 0 Å². The molecule has 0 aromatic rings. The molecule has 0 bridgehead atoms. The van der Waals surface area contributed by atoms with Crippen LogP contribution in [0.4, 0.5) is 4.39 Å². The summed E-state index contributed by atoms with van der Waals surface area (Å²) in [6.07, 6.45) is -0.296. The molecule has 86 valence electrons. The maximum atomic E-state index is 12.7. The highest BCUT2D eigenvalue weighted by Gasteiger charge is 2.20. The van der Waals surface area contributed by atoms with Gasteiger partial charge in [-0.15, -0.1) is 0 Å². The first kappa shape index (κ1) is 13.8. The zero-order chi connectivity index (χ0) is 11.2. The quantitative estimate of drug-likeness (QED) is 0.660. The second-order valence-electron chi connectivity index (χ2n) is 4.49. The highest BCUT2D eigenvalue weighted by Crippen LogP contribution is 2.12. The van der Waals surface area contributed by atoms with Crippen LogP contribution in [0.3, 0.4) is 0 Å². The number of likely N-dealkylation sites (N-methyl/N-ethyl adjacent to an activating group) is 1. The van der Waals surface area contributed by atoms with E-state index in [4.69, 9.17) is 4.74 Å². The summed E-state index contributed by atoms with van der Waals surface area (Å²) >= 11 is 0. The molecule has 0 heterocycles. The van der Waals surface area contributed by atoms with Gasteiger partial charge >= 0.3 is 0 Å². The van der Waals surface area contributed by atoms with E-state index in [1.807, 2.05) is 20.8 Å². The summed E-state index contributed by atoms with van der Waals surface area (Å²) in [6.45, 7) is 12.2. The van der Waals surface area contributed by atoms with Crippen LogP contribution in [0, 0.1) is 0 Å². The standard InChI is InChI=1S/C11H24FNO/c1-6-13(7-2)9-10(8-12)14-11(3,4)5/h10H,6-9H2,1-5H3. The molecule has 0 rings (SSSR count). The molecule has 0 aliphatic rings. The molecule has 1 unspecified atom stereocenters. The van der Waals surface area contributed by atoms with E-state index in [9.17, 15) is 4.39 Å². The molecule has 0 spiro atoms. The number of alkyl halides is 1. The third-order valence-corrected chi connectivity index (χ3v) is 2.05. The highest BCUT2D eigenvalue weighted by molar-refractivity contribution is 4.69. The smallest absolute Gasteiger partial charge is 0.117 e. The van der Waals surface area contributed by atoms with Gasteiger partial charge in [0.25, 0.3) is 0 Å². The van der Waals surface area contributed by atoms with Crippen molar-refractivity contribution in [2.45, 2.75) is 46.3 Å². The predicted octanol–water partition coefficient (Wildman–Crippen LogP) is 2.48. The highest BCUT2D eigenvalue weighted by atomic mass is 19.1. The average molecular weight is 205 g/mol. The summed E-state index contributed by atoms with van der Waals surface area (Å²) in [7, 11) is 0. The van der Waals surface area contributed by atoms with E-state index in [0.717, 1.165) is 13.1 Å². The minimum Gasteiger partial charge on any atom is -0.369 e. The Morgan fingerprint density at radius 1 is 1.21 bits per heavy atom. The maximum Gasteiger partial charge on any atom is 0.117 e. The van der Waals surface area contributed by atoms with E-state index in [1.165, 1.54) is 0 Å². The topological polar surface area (TPSA) is 12.5 Å². The fourth-order valence-corrected chi connectivity index (χ4v) is 1.39. The lowest BCUT2D eigenvalue weighted by atomic mass is 10.2. The molecular weight excluding hydrogens is 181 g/mol. The summed E-state index contributed by atoms with van der Waals surface area (Å²) < 4.78 is 18.3. The number of hydrogen-bond acceptors (Lipinski definition) is 2. The van der Waals surface area contributed by atoms with Crippen LogP contribution in [0.2, 0.25) is 0 Å². The molecular formula is C11H24FNO. The largest absolute Gasteiger partial charge is 0.369 e. The molecule has 0 aliphatic carbocycles. The molecule has 2 nitrogen and oxygen atoms in total. The van der Waals surface area contributed by atoms with Gasteiger partial charge in [0.05, 0.1) is 11.7 Å². The first-order valence-corrected chi connectivity index (χ1v) is 5.39. The Bertz CT molecular complexity index is 141. The molecule has 0 N–H and O–H groups in total. The van der Waals surface area contributed by atoms with E-state index in [1.54, 1.807) is 0 Å². The van der Waals surface area contributed by atoms with Crippen molar-refractivity contribution in [3.63, 3.8) is 0 Å². The molecule has 0 saturated heterocycles. The third-order valence-electron chi connectivity index (χ3n) is 2.05. The van der Waals surface area contributed by atoms with Crippen LogP contribution in [0.5, 0.6) is 0 Å². The zero-order valence-electron chi connectivity index (χ0n) is 10.1. The van der Waals surface area contributed by atoms with Crippen molar-refractivity contribution in [2.24, 2.45) is 0 Å². The molecule has 0 fully saturated rings. The van der Waals surface area contributed by atoms with Gasteiger partial charge in [0.15, 0.2) is 0 Å². The van der Waals surface area contributed by atoms with Crippen LogP contribution < -0.4 is 0 Å². The van der Waals surface area contributed by atoms with Crippen LogP contribution in [-0.2, 0) is 4.74 Å². The van der Waals surface area contributed by atoms with E-state index in [2.05, 4.69) is 18.7 Å². The van der Waals surface area contributed by atoms with Gasteiger partial charge in [0.1, 0.15) is 6.67 Å².